The van der Waals surface area contributed by atoms with E-state index in [-0.39, 0.29) is 11.3 Å². The van der Waals surface area contributed by atoms with Crippen LogP contribution in [0.3, 0.4) is 0 Å². The first-order valence-electron chi connectivity index (χ1n) is 4.55. The second-order valence-corrected chi connectivity index (χ2v) is 4.80. The van der Waals surface area contributed by atoms with Crippen molar-refractivity contribution in [3.63, 3.8) is 0 Å². The lowest BCUT2D eigenvalue weighted by atomic mass is 10.4. The summed E-state index contributed by atoms with van der Waals surface area (Å²) in [6.07, 6.45) is 1.55. The zero-order valence-corrected chi connectivity index (χ0v) is 11.0. The van der Waals surface area contributed by atoms with E-state index in [4.69, 9.17) is 4.74 Å². The summed E-state index contributed by atoms with van der Waals surface area (Å²) >= 11 is 2.10. The van der Waals surface area contributed by atoms with Gasteiger partial charge in [0, 0.05) is 37.4 Å². The van der Waals surface area contributed by atoms with Crippen LogP contribution in [0.5, 0.6) is 5.19 Å². The van der Waals surface area contributed by atoms with E-state index in [1.165, 1.54) is 4.90 Å². The van der Waals surface area contributed by atoms with Gasteiger partial charge in [0.1, 0.15) is 6.10 Å². The van der Waals surface area contributed by atoms with Crippen LogP contribution in [0.25, 0.3) is 0 Å². The summed E-state index contributed by atoms with van der Waals surface area (Å²) in [6, 6.07) is 0. The largest absolute Gasteiger partial charge is 0.462 e. The van der Waals surface area contributed by atoms with Crippen molar-refractivity contribution in [1.82, 2.24) is 14.3 Å². The topological polar surface area (TPSA) is 55.3 Å². The Morgan fingerprint density at radius 2 is 2.38 bits per heavy atom. The highest BCUT2D eigenvalue weighted by Crippen LogP contribution is 2.24. The number of thioether (sulfide) groups is 1. The molecule has 1 unspecified atom stereocenters. The Hall–Kier alpha value is -1.08. The van der Waals surface area contributed by atoms with Gasteiger partial charge < -0.3 is 9.64 Å². The average molecular weight is 259 g/mol. The highest BCUT2D eigenvalue weighted by atomic mass is 32.2. The molecule has 1 amide bonds. The zero-order valence-electron chi connectivity index (χ0n) is 9.34. The van der Waals surface area contributed by atoms with Gasteiger partial charge in [0.25, 0.3) is 10.4 Å². The lowest BCUT2D eigenvalue weighted by molar-refractivity contribution is 0.241. The zero-order chi connectivity index (χ0) is 12.1. The third-order valence-corrected chi connectivity index (χ3v) is 3.18. The van der Waals surface area contributed by atoms with Gasteiger partial charge in [-0.3, -0.25) is 4.79 Å². The molecule has 0 aliphatic carbocycles. The molecule has 88 valence electrons. The number of nitrogens with zero attached hydrogens (tertiary/aromatic N) is 3. The maximum absolute atomic E-state index is 11.4. The fourth-order valence-corrected chi connectivity index (χ4v) is 1.97. The van der Waals surface area contributed by atoms with E-state index in [1.54, 1.807) is 20.2 Å². The molecule has 0 aromatic carbocycles. The van der Waals surface area contributed by atoms with Crippen LogP contribution in [0.15, 0.2) is 17.8 Å². The van der Waals surface area contributed by atoms with Crippen LogP contribution in [-0.2, 0) is 0 Å². The summed E-state index contributed by atoms with van der Waals surface area (Å²) in [7, 11) is 3.36. The predicted molar refractivity (Wildman–Crippen MR) is 65.1 cm³/mol. The summed E-state index contributed by atoms with van der Waals surface area (Å²) in [5.41, 5.74) is 0. The Kier molecular flexibility index (Phi) is 4.75. The lowest BCUT2D eigenvalue weighted by Crippen LogP contribution is -2.16. The van der Waals surface area contributed by atoms with Gasteiger partial charge in [0.05, 0.1) is 0 Å². The van der Waals surface area contributed by atoms with E-state index >= 15 is 0 Å². The Bertz CT molecular complexity index is 379. The van der Waals surface area contributed by atoms with Crippen LogP contribution in [0.1, 0.15) is 6.92 Å². The lowest BCUT2D eigenvalue weighted by Gasteiger charge is -2.06. The summed E-state index contributed by atoms with van der Waals surface area (Å²) in [5, 5.41) is 0.748. The van der Waals surface area contributed by atoms with Gasteiger partial charge >= 0.3 is 0 Å². The first-order valence-corrected chi connectivity index (χ1v) is 6.14. The van der Waals surface area contributed by atoms with Crippen molar-refractivity contribution in [3.05, 3.63) is 12.7 Å². The molecule has 7 heteroatoms. The Morgan fingerprint density at radius 3 is 2.94 bits per heavy atom. The molecular formula is C9H13N3O2S2. The molecule has 0 aliphatic rings. The minimum absolute atomic E-state index is 0.110. The number of hydrogen-bond donors (Lipinski definition) is 0. The molecule has 0 N–H and O–H groups in total. The quantitative estimate of drug-likeness (QED) is 0.613. The van der Waals surface area contributed by atoms with E-state index in [2.05, 4.69) is 15.9 Å². The second-order valence-electron chi connectivity index (χ2n) is 3.16. The van der Waals surface area contributed by atoms with Crippen LogP contribution in [0.4, 0.5) is 4.79 Å². The molecule has 0 spiro atoms. The minimum atomic E-state index is -0.115. The van der Waals surface area contributed by atoms with E-state index < -0.39 is 0 Å². The molecule has 0 radical (unpaired) electrons. The summed E-state index contributed by atoms with van der Waals surface area (Å²) < 4.78 is 9.39. The molecule has 1 atom stereocenters. The van der Waals surface area contributed by atoms with E-state index in [9.17, 15) is 4.79 Å². The fraction of sp³-hybridized carbons (Fsp3) is 0.444. The number of carbonyl (C=O) groups excluding carboxylic acids is 1. The number of aromatic nitrogens is 2. The second kappa shape index (κ2) is 5.86. The fourth-order valence-electron chi connectivity index (χ4n) is 0.663. The van der Waals surface area contributed by atoms with Gasteiger partial charge in [-0.1, -0.05) is 12.7 Å². The SMILES string of the molecule is C=CC(C)Oc1nc(SC(=O)N(C)C)ns1. The van der Waals surface area contributed by atoms with Crippen molar-refractivity contribution in [2.24, 2.45) is 0 Å². The Morgan fingerprint density at radius 1 is 1.69 bits per heavy atom. The molecule has 0 saturated carbocycles. The average Bonchev–Trinajstić information content (AvgIpc) is 2.65. The molecule has 1 heterocycles. The number of hydrogen-bond acceptors (Lipinski definition) is 6. The van der Waals surface area contributed by atoms with Crippen LogP contribution in [0, 0.1) is 0 Å². The summed E-state index contributed by atoms with van der Waals surface area (Å²) in [5.74, 6) is 0. The molecule has 0 fully saturated rings. The van der Waals surface area contributed by atoms with E-state index in [0.717, 1.165) is 23.3 Å². The van der Waals surface area contributed by atoms with Crippen molar-refractivity contribution in [2.45, 2.75) is 18.2 Å². The van der Waals surface area contributed by atoms with Crippen molar-refractivity contribution < 1.29 is 9.53 Å². The maximum Gasteiger partial charge on any atom is 0.294 e. The van der Waals surface area contributed by atoms with Crippen molar-refractivity contribution in [1.29, 1.82) is 0 Å². The molecule has 0 aliphatic heterocycles. The van der Waals surface area contributed by atoms with Crippen LogP contribution in [-0.4, -0.2) is 39.7 Å². The molecular weight excluding hydrogens is 246 g/mol. The summed E-state index contributed by atoms with van der Waals surface area (Å²) in [6.45, 7) is 5.45. The first kappa shape index (κ1) is 13.0. The van der Waals surface area contributed by atoms with E-state index in [0.29, 0.717) is 10.4 Å². The predicted octanol–water partition coefficient (Wildman–Crippen LogP) is 2.27. The normalized spacial score (nSPS) is 11.9. The molecule has 1 rings (SSSR count). The molecule has 0 saturated heterocycles. The Balaban J connectivity index is 2.58. The van der Waals surface area contributed by atoms with Crippen LogP contribution >= 0.6 is 23.3 Å². The van der Waals surface area contributed by atoms with Gasteiger partial charge in [-0.2, -0.15) is 9.36 Å². The minimum Gasteiger partial charge on any atom is -0.462 e. The number of ether oxygens (including phenoxy) is 1. The highest BCUT2D eigenvalue weighted by molar-refractivity contribution is 8.13. The van der Waals surface area contributed by atoms with Gasteiger partial charge in [-0.05, 0) is 6.92 Å². The molecule has 16 heavy (non-hydrogen) atoms. The van der Waals surface area contributed by atoms with Gasteiger partial charge in [-0.25, -0.2) is 0 Å². The van der Waals surface area contributed by atoms with Crippen LogP contribution < -0.4 is 4.74 Å². The molecule has 1 aromatic rings. The van der Waals surface area contributed by atoms with Crippen molar-refractivity contribution in [3.8, 4) is 5.19 Å². The third kappa shape index (κ3) is 3.82. The Labute approximate surface area is 103 Å². The number of carbonyl (C=O) groups is 1. The monoisotopic (exact) mass is 259 g/mol. The summed E-state index contributed by atoms with van der Waals surface area (Å²) in [4.78, 5) is 16.9. The van der Waals surface area contributed by atoms with Gasteiger partial charge in [0.15, 0.2) is 0 Å². The maximum atomic E-state index is 11.4. The third-order valence-electron chi connectivity index (χ3n) is 1.55. The van der Waals surface area contributed by atoms with E-state index in [1.807, 2.05) is 6.92 Å². The van der Waals surface area contributed by atoms with Gasteiger partial charge in [0.2, 0.25) is 5.16 Å². The standard InChI is InChI=1S/C9H13N3O2S2/c1-5-6(2)14-8-10-7(11-16-8)15-9(13)12(3)4/h5-6H,1H2,2-4H3. The van der Waals surface area contributed by atoms with Crippen LogP contribution in [0.2, 0.25) is 0 Å². The molecule has 1 aromatic heterocycles. The highest BCUT2D eigenvalue weighted by Gasteiger charge is 2.13. The van der Waals surface area contributed by atoms with Crippen molar-refractivity contribution >= 4 is 28.5 Å². The number of rotatable bonds is 4. The smallest absolute Gasteiger partial charge is 0.294 e. The number of amides is 1. The van der Waals surface area contributed by atoms with Crippen molar-refractivity contribution in [2.75, 3.05) is 14.1 Å². The van der Waals surface area contributed by atoms with Gasteiger partial charge in [-0.15, -0.1) is 0 Å². The first-order chi connectivity index (χ1) is 7.52. The molecule has 5 nitrogen and oxygen atoms in total. The molecule has 0 bridgehead atoms.